The summed E-state index contributed by atoms with van der Waals surface area (Å²) in [5.74, 6) is 1.23. The van der Waals surface area contributed by atoms with Gasteiger partial charge in [0, 0.05) is 10.9 Å². The highest BCUT2D eigenvalue weighted by molar-refractivity contribution is 7.13. The lowest BCUT2D eigenvalue weighted by molar-refractivity contribution is -0.130. The van der Waals surface area contributed by atoms with Crippen LogP contribution in [-0.4, -0.2) is 24.8 Å². The number of hydrogen-bond donors (Lipinski definition) is 1. The Hall–Kier alpha value is -2.12. The van der Waals surface area contributed by atoms with Crippen molar-refractivity contribution in [1.82, 2.24) is 10.5 Å². The lowest BCUT2D eigenvalue weighted by Crippen LogP contribution is -2.23. The first-order valence-electron chi connectivity index (χ1n) is 5.92. The van der Waals surface area contributed by atoms with Crippen LogP contribution in [0.3, 0.4) is 0 Å². The van der Waals surface area contributed by atoms with E-state index >= 15 is 0 Å². The molecular formula is C13H12N2O4S. The second kappa shape index (κ2) is 5.48. The van der Waals surface area contributed by atoms with E-state index in [1.54, 1.807) is 0 Å². The Morgan fingerprint density at radius 3 is 3.15 bits per heavy atom. The lowest BCUT2D eigenvalue weighted by Gasteiger charge is -2.00. The molecule has 1 aliphatic heterocycles. The molecule has 0 bridgehead atoms. The third-order valence-electron chi connectivity index (χ3n) is 2.73. The number of hydrogen-bond acceptors (Lipinski definition) is 6. The molecule has 0 fully saturated rings. The van der Waals surface area contributed by atoms with Crippen LogP contribution < -0.4 is 15.0 Å². The normalized spacial score (nSPS) is 12.4. The number of carbonyl (C=O) groups is 1. The summed E-state index contributed by atoms with van der Waals surface area (Å²) in [6.07, 6.45) is 0.189. The maximum Gasteiger partial charge on any atom is 0.249 e. The van der Waals surface area contributed by atoms with Gasteiger partial charge in [0.15, 0.2) is 11.5 Å². The van der Waals surface area contributed by atoms with Crippen molar-refractivity contribution in [2.45, 2.75) is 6.42 Å². The van der Waals surface area contributed by atoms with E-state index in [0.717, 1.165) is 22.1 Å². The molecule has 0 saturated heterocycles. The van der Waals surface area contributed by atoms with E-state index in [2.05, 4.69) is 15.3 Å². The first-order chi connectivity index (χ1) is 9.76. The average molecular weight is 292 g/mol. The summed E-state index contributed by atoms with van der Waals surface area (Å²) in [6, 6.07) is 5.67. The summed E-state index contributed by atoms with van der Waals surface area (Å²) < 4.78 is 10.6. The van der Waals surface area contributed by atoms with Gasteiger partial charge in [-0.2, -0.15) is 0 Å². The van der Waals surface area contributed by atoms with E-state index in [0.29, 0.717) is 5.69 Å². The second-order valence-corrected chi connectivity index (χ2v) is 4.98. The van der Waals surface area contributed by atoms with Crippen LogP contribution in [0, 0.1) is 0 Å². The van der Waals surface area contributed by atoms with E-state index in [4.69, 9.17) is 9.47 Å². The number of thiazole rings is 1. The van der Waals surface area contributed by atoms with Crippen molar-refractivity contribution in [3.05, 3.63) is 29.3 Å². The summed E-state index contributed by atoms with van der Waals surface area (Å²) in [5.41, 5.74) is 3.91. The van der Waals surface area contributed by atoms with E-state index < -0.39 is 0 Å². The van der Waals surface area contributed by atoms with Crippen molar-refractivity contribution in [1.29, 1.82) is 0 Å². The molecule has 3 rings (SSSR count). The van der Waals surface area contributed by atoms with Gasteiger partial charge < -0.3 is 9.47 Å². The number of hydroxylamine groups is 1. The zero-order chi connectivity index (χ0) is 13.9. The molecule has 0 radical (unpaired) electrons. The molecule has 1 aromatic carbocycles. The Bertz CT molecular complexity index is 641. The molecule has 2 heterocycles. The molecule has 1 amide bonds. The predicted octanol–water partition coefficient (Wildman–Crippen LogP) is 1.76. The van der Waals surface area contributed by atoms with E-state index in [9.17, 15) is 4.79 Å². The molecule has 20 heavy (non-hydrogen) atoms. The fourth-order valence-corrected chi connectivity index (χ4v) is 2.68. The van der Waals surface area contributed by atoms with Gasteiger partial charge in [-0.05, 0) is 18.2 Å². The van der Waals surface area contributed by atoms with Gasteiger partial charge in [0.25, 0.3) is 0 Å². The summed E-state index contributed by atoms with van der Waals surface area (Å²) in [5, 5.41) is 2.69. The number of rotatable bonds is 4. The van der Waals surface area contributed by atoms with Crippen molar-refractivity contribution < 1.29 is 19.1 Å². The Morgan fingerprint density at radius 2 is 2.30 bits per heavy atom. The molecule has 1 aromatic heterocycles. The molecule has 0 atom stereocenters. The lowest BCUT2D eigenvalue weighted by atomic mass is 10.2. The van der Waals surface area contributed by atoms with Crippen LogP contribution in [0.1, 0.15) is 5.69 Å². The zero-order valence-electron chi connectivity index (χ0n) is 10.7. The van der Waals surface area contributed by atoms with Crippen molar-refractivity contribution in [3.8, 4) is 22.1 Å². The van der Waals surface area contributed by atoms with Crippen LogP contribution in [0.15, 0.2) is 23.6 Å². The maximum atomic E-state index is 11.4. The van der Waals surface area contributed by atoms with Crippen LogP contribution in [0.2, 0.25) is 0 Å². The fraction of sp³-hybridized carbons (Fsp3) is 0.231. The van der Waals surface area contributed by atoms with Crippen molar-refractivity contribution >= 4 is 17.2 Å². The van der Waals surface area contributed by atoms with Crippen molar-refractivity contribution in [3.63, 3.8) is 0 Å². The molecule has 1 aliphatic rings. The SMILES string of the molecule is CONC(=O)Cc1csc(-c2ccc3c(c2)OCO3)n1. The topological polar surface area (TPSA) is 69.7 Å². The van der Waals surface area contributed by atoms with E-state index in [1.165, 1.54) is 18.4 Å². The largest absolute Gasteiger partial charge is 0.454 e. The monoisotopic (exact) mass is 292 g/mol. The van der Waals surface area contributed by atoms with Crippen LogP contribution in [-0.2, 0) is 16.1 Å². The molecule has 0 saturated carbocycles. The van der Waals surface area contributed by atoms with Crippen LogP contribution in [0.4, 0.5) is 0 Å². The Labute approximate surface area is 119 Å². The molecule has 2 aromatic rings. The number of nitrogens with zero attached hydrogens (tertiary/aromatic N) is 1. The first-order valence-corrected chi connectivity index (χ1v) is 6.80. The predicted molar refractivity (Wildman–Crippen MR) is 72.5 cm³/mol. The van der Waals surface area contributed by atoms with Crippen LogP contribution >= 0.6 is 11.3 Å². The minimum absolute atomic E-state index is 0.189. The quantitative estimate of drug-likeness (QED) is 0.870. The number of amides is 1. The third-order valence-corrected chi connectivity index (χ3v) is 3.67. The van der Waals surface area contributed by atoms with E-state index in [-0.39, 0.29) is 19.1 Å². The maximum absolute atomic E-state index is 11.4. The Morgan fingerprint density at radius 1 is 1.45 bits per heavy atom. The number of benzene rings is 1. The fourth-order valence-electron chi connectivity index (χ4n) is 1.86. The molecule has 104 valence electrons. The highest BCUT2D eigenvalue weighted by Gasteiger charge is 2.15. The van der Waals surface area contributed by atoms with Gasteiger partial charge >= 0.3 is 0 Å². The van der Waals surface area contributed by atoms with Gasteiger partial charge in [-0.25, -0.2) is 10.5 Å². The van der Waals surface area contributed by atoms with Crippen molar-refractivity contribution in [2.24, 2.45) is 0 Å². The molecule has 7 heteroatoms. The summed E-state index contributed by atoms with van der Waals surface area (Å²) in [6.45, 7) is 0.249. The van der Waals surface area contributed by atoms with Gasteiger partial charge in [-0.3, -0.25) is 9.63 Å². The smallest absolute Gasteiger partial charge is 0.249 e. The van der Waals surface area contributed by atoms with Gasteiger partial charge in [-0.1, -0.05) is 0 Å². The Kier molecular flexibility index (Phi) is 3.53. The minimum atomic E-state index is -0.227. The molecular weight excluding hydrogens is 280 g/mol. The average Bonchev–Trinajstić information content (AvgIpc) is 3.06. The number of carbonyl (C=O) groups excluding carboxylic acids is 1. The van der Waals surface area contributed by atoms with Gasteiger partial charge in [0.1, 0.15) is 5.01 Å². The van der Waals surface area contributed by atoms with Crippen LogP contribution in [0.25, 0.3) is 10.6 Å². The minimum Gasteiger partial charge on any atom is -0.454 e. The van der Waals surface area contributed by atoms with Crippen molar-refractivity contribution in [2.75, 3.05) is 13.9 Å². The van der Waals surface area contributed by atoms with Gasteiger partial charge in [0.2, 0.25) is 12.7 Å². The van der Waals surface area contributed by atoms with Gasteiger partial charge in [0.05, 0.1) is 19.2 Å². The molecule has 0 unspecified atom stereocenters. The molecule has 0 aliphatic carbocycles. The summed E-state index contributed by atoms with van der Waals surface area (Å²) in [4.78, 5) is 20.4. The summed E-state index contributed by atoms with van der Waals surface area (Å²) in [7, 11) is 1.40. The second-order valence-electron chi connectivity index (χ2n) is 4.12. The highest BCUT2D eigenvalue weighted by atomic mass is 32.1. The standard InChI is InChI=1S/C13H12N2O4S/c1-17-15-12(16)5-9-6-20-13(14-9)8-2-3-10-11(4-8)19-7-18-10/h2-4,6H,5,7H2,1H3,(H,15,16). The zero-order valence-corrected chi connectivity index (χ0v) is 11.5. The number of nitrogens with one attached hydrogen (secondary N) is 1. The summed E-state index contributed by atoms with van der Waals surface area (Å²) >= 11 is 1.48. The molecule has 6 nitrogen and oxygen atoms in total. The number of fused-ring (bicyclic) bond motifs is 1. The number of ether oxygens (including phenoxy) is 2. The van der Waals surface area contributed by atoms with E-state index in [1.807, 2.05) is 23.6 Å². The third kappa shape index (κ3) is 2.59. The number of aromatic nitrogens is 1. The highest BCUT2D eigenvalue weighted by Crippen LogP contribution is 2.36. The van der Waals surface area contributed by atoms with Gasteiger partial charge in [-0.15, -0.1) is 11.3 Å². The first kappa shape index (κ1) is 12.9. The van der Waals surface area contributed by atoms with Crippen LogP contribution in [0.5, 0.6) is 11.5 Å². The Balaban J connectivity index is 1.78. The molecule has 0 spiro atoms. The molecule has 1 N–H and O–H groups in total.